The van der Waals surface area contributed by atoms with Crippen LogP contribution in [-0.4, -0.2) is 11.1 Å². The smallest absolute Gasteiger partial charge is 0.416 e. The second-order valence-electron chi connectivity index (χ2n) is 6.51. The van der Waals surface area contributed by atoms with Crippen LogP contribution in [0.4, 0.5) is 13.2 Å². The van der Waals surface area contributed by atoms with E-state index < -0.39 is 23.8 Å². The minimum atomic E-state index is -4.39. The van der Waals surface area contributed by atoms with Gasteiger partial charge in [0, 0.05) is 17.5 Å². The summed E-state index contributed by atoms with van der Waals surface area (Å²) in [5.41, 5.74) is 0.763. The zero-order chi connectivity index (χ0) is 21.2. The minimum absolute atomic E-state index is 0.159. The molecule has 2 aromatic carbocycles. The van der Waals surface area contributed by atoms with Crippen LogP contribution in [0.1, 0.15) is 47.2 Å². The highest BCUT2D eigenvalue weighted by Gasteiger charge is 2.30. The van der Waals surface area contributed by atoms with Gasteiger partial charge in [0.1, 0.15) is 23.4 Å². The van der Waals surface area contributed by atoms with Crippen molar-refractivity contribution in [3.05, 3.63) is 77.0 Å². The summed E-state index contributed by atoms with van der Waals surface area (Å²) < 4.78 is 50.0. The lowest BCUT2D eigenvalue weighted by atomic mass is 10.1. The van der Waals surface area contributed by atoms with Crippen molar-refractivity contribution in [1.82, 2.24) is 0 Å². The van der Waals surface area contributed by atoms with Crippen LogP contribution in [0, 0.1) is 0 Å². The van der Waals surface area contributed by atoms with E-state index in [1.54, 1.807) is 18.2 Å². The van der Waals surface area contributed by atoms with Gasteiger partial charge in [0.25, 0.3) is 0 Å². The number of furan rings is 1. The molecule has 0 radical (unpaired) electrons. The summed E-state index contributed by atoms with van der Waals surface area (Å²) in [6.07, 6.45) is -4.20. The Balaban J connectivity index is 1.82. The van der Waals surface area contributed by atoms with Gasteiger partial charge < -0.3 is 14.3 Å². The van der Waals surface area contributed by atoms with Crippen molar-refractivity contribution in [2.75, 3.05) is 0 Å². The van der Waals surface area contributed by atoms with Gasteiger partial charge in [-0.2, -0.15) is 13.2 Å². The molecule has 29 heavy (non-hydrogen) atoms. The molecule has 152 valence electrons. The van der Waals surface area contributed by atoms with Crippen molar-refractivity contribution in [3.63, 3.8) is 0 Å². The molecule has 0 aliphatic carbocycles. The monoisotopic (exact) mass is 404 g/mol. The summed E-state index contributed by atoms with van der Waals surface area (Å²) in [6.45, 7) is 3.74. The molecule has 1 aromatic heterocycles. The summed E-state index contributed by atoms with van der Waals surface area (Å²) in [5.74, 6) is 0.618. The molecule has 0 amide bonds. The molecule has 0 saturated carbocycles. The lowest BCUT2D eigenvalue weighted by molar-refractivity contribution is -0.137. The first kappa shape index (κ1) is 20.5. The molecular formula is C22H19F3O4. The molecule has 4 nitrogen and oxygen atoms in total. The Bertz CT molecular complexity index is 986. The topological polar surface area (TPSA) is 59.7 Å². The van der Waals surface area contributed by atoms with E-state index in [1.807, 2.05) is 13.8 Å². The third-order valence-electron chi connectivity index (χ3n) is 4.51. The number of carboxylic acid groups (broad SMARTS) is 1. The van der Waals surface area contributed by atoms with Crippen molar-refractivity contribution < 1.29 is 32.2 Å². The second kappa shape index (κ2) is 8.03. The molecule has 1 N–H and O–H groups in total. The quantitative estimate of drug-likeness (QED) is 0.519. The van der Waals surface area contributed by atoms with Crippen LogP contribution in [0.15, 0.2) is 59.0 Å². The van der Waals surface area contributed by atoms with Gasteiger partial charge in [-0.05, 0) is 49.4 Å². The highest BCUT2D eigenvalue weighted by atomic mass is 19.4. The van der Waals surface area contributed by atoms with E-state index in [1.165, 1.54) is 24.3 Å². The lowest BCUT2D eigenvalue weighted by Crippen LogP contribution is -2.04. The Labute approximate surface area is 165 Å². The number of ether oxygens (including phenoxy) is 1. The first-order valence-corrected chi connectivity index (χ1v) is 8.99. The number of alkyl halides is 3. The molecule has 1 unspecified atom stereocenters. The Morgan fingerprint density at radius 2 is 1.72 bits per heavy atom. The van der Waals surface area contributed by atoms with Gasteiger partial charge in [0.05, 0.1) is 11.1 Å². The van der Waals surface area contributed by atoms with E-state index in [-0.39, 0.29) is 5.56 Å². The molecule has 1 heterocycles. The lowest BCUT2D eigenvalue weighted by Gasteiger charge is -2.14. The van der Waals surface area contributed by atoms with Gasteiger partial charge in [0.2, 0.25) is 0 Å². The third kappa shape index (κ3) is 4.62. The number of benzene rings is 2. The fraction of sp³-hybridized carbons (Fsp3) is 0.227. The standard InChI is InChI=1S/C22H19F3O4/c1-3-19-18(13(2)28-17-10-6-15(7-11-17)21(26)27)12-20(29-19)14-4-8-16(9-5-14)22(23,24)25/h4-13H,3H2,1-2H3,(H,26,27). The van der Waals surface area contributed by atoms with Crippen molar-refractivity contribution in [3.8, 4) is 17.1 Å². The highest BCUT2D eigenvalue weighted by molar-refractivity contribution is 5.87. The number of rotatable bonds is 6. The fourth-order valence-corrected chi connectivity index (χ4v) is 2.97. The maximum Gasteiger partial charge on any atom is 0.416 e. The van der Waals surface area contributed by atoms with Crippen LogP contribution in [-0.2, 0) is 12.6 Å². The van der Waals surface area contributed by atoms with Crippen LogP contribution in [0.5, 0.6) is 5.75 Å². The molecule has 0 saturated heterocycles. The van der Waals surface area contributed by atoms with Gasteiger partial charge in [-0.25, -0.2) is 4.79 Å². The van der Waals surface area contributed by atoms with Crippen LogP contribution in [0.3, 0.4) is 0 Å². The first-order valence-electron chi connectivity index (χ1n) is 8.99. The SMILES string of the molecule is CCc1oc(-c2ccc(C(F)(F)F)cc2)cc1C(C)Oc1ccc(C(=O)O)cc1. The summed E-state index contributed by atoms with van der Waals surface area (Å²) >= 11 is 0. The molecule has 1 atom stereocenters. The van der Waals surface area contributed by atoms with Crippen LogP contribution >= 0.6 is 0 Å². The Kier molecular flexibility index (Phi) is 5.68. The Morgan fingerprint density at radius 1 is 1.10 bits per heavy atom. The van der Waals surface area contributed by atoms with Crippen LogP contribution in [0.25, 0.3) is 11.3 Å². The molecule has 0 spiro atoms. The van der Waals surface area contributed by atoms with Gasteiger partial charge >= 0.3 is 12.1 Å². The molecule has 0 aliphatic rings. The summed E-state index contributed by atoms with van der Waals surface area (Å²) in [7, 11) is 0. The molecule has 0 aliphatic heterocycles. The zero-order valence-electron chi connectivity index (χ0n) is 15.8. The average Bonchev–Trinajstić information content (AvgIpc) is 3.12. The number of carbonyl (C=O) groups is 1. The predicted octanol–water partition coefficient (Wildman–Crippen LogP) is 6.37. The number of hydrogen-bond donors (Lipinski definition) is 1. The van der Waals surface area contributed by atoms with Crippen molar-refractivity contribution >= 4 is 5.97 Å². The molecule has 3 rings (SSSR count). The van der Waals surface area contributed by atoms with Gasteiger partial charge in [-0.1, -0.05) is 19.1 Å². The number of aromatic carboxylic acids is 1. The minimum Gasteiger partial charge on any atom is -0.486 e. The van der Waals surface area contributed by atoms with E-state index in [0.717, 1.165) is 17.7 Å². The first-order chi connectivity index (χ1) is 13.7. The predicted molar refractivity (Wildman–Crippen MR) is 101 cm³/mol. The number of hydrogen-bond acceptors (Lipinski definition) is 3. The Morgan fingerprint density at radius 3 is 2.24 bits per heavy atom. The number of aryl methyl sites for hydroxylation is 1. The highest BCUT2D eigenvalue weighted by Crippen LogP contribution is 2.34. The van der Waals surface area contributed by atoms with Crippen molar-refractivity contribution in [2.45, 2.75) is 32.5 Å². The number of halogens is 3. The van der Waals surface area contributed by atoms with Crippen LogP contribution < -0.4 is 4.74 Å². The van der Waals surface area contributed by atoms with Crippen molar-refractivity contribution in [2.24, 2.45) is 0 Å². The summed E-state index contributed by atoms with van der Waals surface area (Å²) in [6, 6.07) is 12.6. The van der Waals surface area contributed by atoms with E-state index in [0.29, 0.717) is 29.3 Å². The van der Waals surface area contributed by atoms with Gasteiger partial charge in [-0.15, -0.1) is 0 Å². The Hall–Kier alpha value is -3.22. The van der Waals surface area contributed by atoms with E-state index in [9.17, 15) is 18.0 Å². The van der Waals surface area contributed by atoms with E-state index in [2.05, 4.69) is 0 Å². The average molecular weight is 404 g/mol. The molecule has 7 heteroatoms. The van der Waals surface area contributed by atoms with Gasteiger partial charge in [-0.3, -0.25) is 0 Å². The summed E-state index contributed by atoms with van der Waals surface area (Å²) in [5, 5.41) is 8.96. The second-order valence-corrected chi connectivity index (χ2v) is 6.51. The van der Waals surface area contributed by atoms with Crippen LogP contribution in [0.2, 0.25) is 0 Å². The van der Waals surface area contributed by atoms with Gasteiger partial charge in [0.15, 0.2) is 0 Å². The number of carboxylic acids is 1. The molecule has 0 fully saturated rings. The maximum atomic E-state index is 12.8. The molecule has 3 aromatic rings. The van der Waals surface area contributed by atoms with E-state index in [4.69, 9.17) is 14.3 Å². The molecule has 0 bridgehead atoms. The zero-order valence-corrected chi connectivity index (χ0v) is 15.8. The third-order valence-corrected chi connectivity index (χ3v) is 4.51. The van der Waals surface area contributed by atoms with Crippen molar-refractivity contribution in [1.29, 1.82) is 0 Å². The normalized spacial score (nSPS) is 12.6. The molecular weight excluding hydrogens is 385 g/mol. The maximum absolute atomic E-state index is 12.8. The van der Waals surface area contributed by atoms with E-state index >= 15 is 0 Å². The largest absolute Gasteiger partial charge is 0.486 e. The summed E-state index contributed by atoms with van der Waals surface area (Å²) in [4.78, 5) is 10.9. The fourth-order valence-electron chi connectivity index (χ4n) is 2.97.